The van der Waals surface area contributed by atoms with E-state index in [2.05, 4.69) is 25.6 Å². The van der Waals surface area contributed by atoms with Gasteiger partial charge in [-0.1, -0.05) is 17.7 Å². The summed E-state index contributed by atoms with van der Waals surface area (Å²) in [5.41, 5.74) is 2.75. The molecule has 2 atom stereocenters. The first kappa shape index (κ1) is 20.9. The van der Waals surface area contributed by atoms with Gasteiger partial charge in [-0.05, 0) is 50.3 Å². The second-order valence-corrected chi connectivity index (χ2v) is 8.24. The highest BCUT2D eigenvalue weighted by molar-refractivity contribution is 6.33. The molecule has 7 nitrogen and oxygen atoms in total. The normalized spacial score (nSPS) is 20.7. The molecule has 0 radical (unpaired) electrons. The van der Waals surface area contributed by atoms with Crippen LogP contribution in [0.1, 0.15) is 42.5 Å². The number of halogens is 2. The Kier molecular flexibility index (Phi) is 5.86. The lowest BCUT2D eigenvalue weighted by atomic mass is 10.1. The zero-order valence-electron chi connectivity index (χ0n) is 16.2. The molecule has 1 aromatic carbocycles. The fourth-order valence-corrected chi connectivity index (χ4v) is 4.06. The molecule has 4 N–H and O–H groups in total. The average molecular weight is 448 g/mol. The number of rotatable bonds is 5. The molecule has 5 rings (SSSR count). The van der Waals surface area contributed by atoms with Crippen molar-refractivity contribution in [2.75, 3.05) is 5.32 Å². The number of amides is 1. The van der Waals surface area contributed by atoms with Gasteiger partial charge >= 0.3 is 0 Å². The summed E-state index contributed by atoms with van der Waals surface area (Å²) >= 11 is 6.38. The number of hydrogen-bond acceptors (Lipinski definition) is 5. The Balaban J connectivity index is 0.00000218. The standard InChI is InChI=1S/C21H22ClN5O2.ClH/c22-14-10-23-21(26-16-5-2-6-18(16)28)27-19(14)17-9-13-12(3-1-4-15(13)25-17)20(29)24-11-7-8-11;/h1,3-4,9-11,16,18,25,28H,2,5-8H2,(H,24,29)(H,23,26,27);1H/t16-,18+;/m1./s1. The maximum Gasteiger partial charge on any atom is 0.252 e. The summed E-state index contributed by atoms with van der Waals surface area (Å²) in [7, 11) is 0. The van der Waals surface area contributed by atoms with Gasteiger partial charge in [0.15, 0.2) is 0 Å². The Morgan fingerprint density at radius 2 is 2.07 bits per heavy atom. The number of aliphatic hydroxyl groups excluding tert-OH is 1. The van der Waals surface area contributed by atoms with E-state index < -0.39 is 6.10 Å². The fraction of sp³-hybridized carbons (Fsp3) is 0.381. The smallest absolute Gasteiger partial charge is 0.252 e. The SMILES string of the molecule is Cl.O=C(NC1CC1)c1cccc2[nH]c(-c3nc(N[C@@H]4CCC[C@@H]4O)ncc3Cl)cc12. The maximum absolute atomic E-state index is 12.6. The van der Waals surface area contributed by atoms with Crippen LogP contribution >= 0.6 is 24.0 Å². The van der Waals surface area contributed by atoms with Gasteiger partial charge < -0.3 is 20.7 Å². The minimum Gasteiger partial charge on any atom is -0.391 e. The van der Waals surface area contributed by atoms with Crippen LogP contribution in [0.2, 0.25) is 5.02 Å². The minimum absolute atomic E-state index is 0. The zero-order chi connectivity index (χ0) is 20.0. The topological polar surface area (TPSA) is 103 Å². The number of nitrogens with zero attached hydrogens (tertiary/aromatic N) is 2. The summed E-state index contributed by atoms with van der Waals surface area (Å²) in [6.07, 6.45) is 5.90. The van der Waals surface area contributed by atoms with E-state index in [4.69, 9.17) is 11.6 Å². The zero-order valence-corrected chi connectivity index (χ0v) is 17.8. The van der Waals surface area contributed by atoms with Crippen molar-refractivity contribution in [2.45, 2.75) is 50.3 Å². The van der Waals surface area contributed by atoms with E-state index >= 15 is 0 Å². The Hall–Kier alpha value is -2.35. The molecule has 0 bridgehead atoms. The molecule has 2 aromatic heterocycles. The van der Waals surface area contributed by atoms with Crippen molar-refractivity contribution < 1.29 is 9.90 Å². The van der Waals surface area contributed by atoms with E-state index in [9.17, 15) is 9.90 Å². The van der Waals surface area contributed by atoms with Gasteiger partial charge in [0.1, 0.15) is 5.69 Å². The van der Waals surface area contributed by atoms with Gasteiger partial charge in [0, 0.05) is 22.5 Å². The third-order valence-corrected chi connectivity index (χ3v) is 5.89. The first-order valence-corrected chi connectivity index (χ1v) is 10.4. The number of anilines is 1. The average Bonchev–Trinajstić information content (AvgIpc) is 3.27. The molecule has 158 valence electrons. The molecule has 2 saturated carbocycles. The second-order valence-electron chi connectivity index (χ2n) is 7.84. The van der Waals surface area contributed by atoms with Crippen LogP contribution in [0, 0.1) is 0 Å². The van der Waals surface area contributed by atoms with Crippen LogP contribution in [-0.4, -0.2) is 44.2 Å². The van der Waals surface area contributed by atoms with E-state index in [0.29, 0.717) is 34.0 Å². The number of aromatic amines is 1. The van der Waals surface area contributed by atoms with Crippen molar-refractivity contribution in [1.29, 1.82) is 0 Å². The lowest BCUT2D eigenvalue weighted by Gasteiger charge is -2.16. The quantitative estimate of drug-likeness (QED) is 0.474. The Morgan fingerprint density at radius 1 is 1.23 bits per heavy atom. The number of nitrogens with one attached hydrogen (secondary N) is 3. The van der Waals surface area contributed by atoms with Gasteiger partial charge in [0.2, 0.25) is 5.95 Å². The highest BCUT2D eigenvalue weighted by Crippen LogP contribution is 2.31. The second kappa shape index (κ2) is 8.41. The van der Waals surface area contributed by atoms with E-state index in [0.717, 1.165) is 43.0 Å². The van der Waals surface area contributed by atoms with Crippen molar-refractivity contribution in [1.82, 2.24) is 20.3 Å². The van der Waals surface area contributed by atoms with Crippen molar-refractivity contribution in [2.24, 2.45) is 0 Å². The number of aliphatic hydroxyl groups is 1. The van der Waals surface area contributed by atoms with Gasteiger partial charge in [-0.2, -0.15) is 0 Å². The summed E-state index contributed by atoms with van der Waals surface area (Å²) in [6.45, 7) is 0. The Morgan fingerprint density at radius 3 is 2.80 bits per heavy atom. The lowest BCUT2D eigenvalue weighted by Crippen LogP contribution is -2.28. The number of H-pyrrole nitrogens is 1. The first-order chi connectivity index (χ1) is 14.1. The van der Waals surface area contributed by atoms with E-state index in [1.165, 1.54) is 0 Å². The van der Waals surface area contributed by atoms with Crippen LogP contribution in [0.5, 0.6) is 0 Å². The molecular formula is C21H23Cl2N5O2. The summed E-state index contributed by atoms with van der Waals surface area (Å²) in [4.78, 5) is 24.7. The van der Waals surface area contributed by atoms with Crippen LogP contribution < -0.4 is 10.6 Å². The van der Waals surface area contributed by atoms with Crippen LogP contribution in [-0.2, 0) is 0 Å². The monoisotopic (exact) mass is 447 g/mol. The maximum atomic E-state index is 12.6. The molecular weight excluding hydrogens is 425 g/mol. The molecule has 0 unspecified atom stereocenters. The number of hydrogen-bond donors (Lipinski definition) is 4. The Bertz CT molecular complexity index is 1080. The number of aromatic nitrogens is 3. The Labute approximate surface area is 185 Å². The van der Waals surface area contributed by atoms with Crippen LogP contribution in [0.15, 0.2) is 30.5 Å². The molecule has 2 aliphatic carbocycles. The number of carbonyl (C=O) groups excluding carboxylic acids is 1. The van der Waals surface area contributed by atoms with Gasteiger partial charge in [-0.3, -0.25) is 4.79 Å². The summed E-state index contributed by atoms with van der Waals surface area (Å²) in [6, 6.07) is 7.76. The predicted octanol–water partition coefficient (Wildman–Crippen LogP) is 3.92. The van der Waals surface area contributed by atoms with E-state index in [1.54, 1.807) is 6.20 Å². The van der Waals surface area contributed by atoms with Crippen LogP contribution in [0.4, 0.5) is 5.95 Å². The first-order valence-electron chi connectivity index (χ1n) is 9.98. The van der Waals surface area contributed by atoms with Gasteiger partial charge in [0.05, 0.1) is 29.1 Å². The molecule has 0 aliphatic heterocycles. The van der Waals surface area contributed by atoms with Crippen LogP contribution in [0.3, 0.4) is 0 Å². The summed E-state index contributed by atoms with van der Waals surface area (Å²) in [5, 5.41) is 17.5. The molecule has 9 heteroatoms. The van der Waals surface area contributed by atoms with Crippen molar-refractivity contribution in [3.63, 3.8) is 0 Å². The molecule has 30 heavy (non-hydrogen) atoms. The van der Waals surface area contributed by atoms with Gasteiger partial charge in [0.25, 0.3) is 5.91 Å². The highest BCUT2D eigenvalue weighted by atomic mass is 35.5. The largest absolute Gasteiger partial charge is 0.391 e. The molecule has 2 aliphatic rings. The van der Waals surface area contributed by atoms with Crippen molar-refractivity contribution in [3.05, 3.63) is 41.0 Å². The lowest BCUT2D eigenvalue weighted by molar-refractivity contribution is 0.0952. The molecule has 2 heterocycles. The van der Waals surface area contributed by atoms with Gasteiger partial charge in [-0.25, -0.2) is 9.97 Å². The fourth-order valence-electron chi connectivity index (χ4n) is 3.87. The van der Waals surface area contributed by atoms with Crippen molar-refractivity contribution >= 4 is 46.8 Å². The molecule has 2 fully saturated rings. The number of carbonyl (C=O) groups is 1. The molecule has 0 spiro atoms. The molecule has 1 amide bonds. The third-order valence-electron chi connectivity index (χ3n) is 5.61. The highest BCUT2D eigenvalue weighted by Gasteiger charge is 2.27. The van der Waals surface area contributed by atoms with Crippen LogP contribution in [0.25, 0.3) is 22.3 Å². The molecule has 0 saturated heterocycles. The molecule has 3 aromatic rings. The third kappa shape index (κ3) is 4.10. The summed E-state index contributed by atoms with van der Waals surface area (Å²) < 4.78 is 0. The number of fused-ring (bicyclic) bond motifs is 1. The minimum atomic E-state index is -0.390. The summed E-state index contributed by atoms with van der Waals surface area (Å²) in [5.74, 6) is 0.371. The van der Waals surface area contributed by atoms with E-state index in [1.807, 2.05) is 24.3 Å². The van der Waals surface area contributed by atoms with Gasteiger partial charge in [-0.15, -0.1) is 12.4 Å². The predicted molar refractivity (Wildman–Crippen MR) is 119 cm³/mol. The van der Waals surface area contributed by atoms with Crippen molar-refractivity contribution in [3.8, 4) is 11.4 Å². The number of benzene rings is 1. The van der Waals surface area contributed by atoms with E-state index in [-0.39, 0.29) is 24.4 Å².